The molecule has 0 saturated heterocycles. The van der Waals surface area contributed by atoms with E-state index in [9.17, 15) is 13.2 Å². The fourth-order valence-corrected chi connectivity index (χ4v) is 3.28. The number of halogens is 1. The summed E-state index contributed by atoms with van der Waals surface area (Å²) in [7, 11) is -1.98. The molecule has 2 rings (SSSR count). The lowest BCUT2D eigenvalue weighted by atomic mass is 10.1. The molecule has 0 aliphatic rings. The minimum absolute atomic E-state index is 0.137. The summed E-state index contributed by atoms with van der Waals surface area (Å²) in [4.78, 5) is 12.1. The maximum absolute atomic E-state index is 12.1. The zero-order valence-electron chi connectivity index (χ0n) is 13.9. The minimum atomic E-state index is -3.41. The normalized spacial score (nSPS) is 11.0. The molecule has 0 fully saturated rings. The number of benzene rings is 2. The van der Waals surface area contributed by atoms with Crippen LogP contribution in [0.4, 0.5) is 11.4 Å². The maximum atomic E-state index is 12.1. The molecule has 0 aliphatic heterocycles. The van der Waals surface area contributed by atoms with E-state index in [1.807, 2.05) is 24.3 Å². The first kappa shape index (κ1) is 19.3. The highest BCUT2D eigenvalue weighted by atomic mass is 79.9. The highest BCUT2D eigenvalue weighted by molar-refractivity contribution is 9.10. The van der Waals surface area contributed by atoms with Crippen molar-refractivity contribution in [2.24, 2.45) is 0 Å². The Morgan fingerprint density at radius 2 is 1.92 bits per heavy atom. The summed E-state index contributed by atoms with van der Waals surface area (Å²) < 4.78 is 31.2. The van der Waals surface area contributed by atoms with Crippen LogP contribution in [0, 0.1) is 0 Å². The van der Waals surface area contributed by atoms with E-state index in [1.54, 1.807) is 18.2 Å². The first-order valence-electron chi connectivity index (χ1n) is 7.47. The monoisotopic (exact) mass is 426 g/mol. The molecule has 8 heteroatoms. The topological polar surface area (TPSA) is 84.5 Å². The van der Waals surface area contributed by atoms with Gasteiger partial charge >= 0.3 is 0 Å². The first-order valence-corrected chi connectivity index (χ1v) is 10.2. The summed E-state index contributed by atoms with van der Waals surface area (Å²) in [6.07, 6.45) is 2.00. The van der Waals surface area contributed by atoms with Crippen LogP contribution in [-0.4, -0.2) is 27.7 Å². The summed E-state index contributed by atoms with van der Waals surface area (Å²) in [6.45, 7) is 0. The van der Waals surface area contributed by atoms with Gasteiger partial charge < -0.3 is 10.1 Å². The molecular weight excluding hydrogens is 408 g/mol. The second-order valence-corrected chi connectivity index (χ2v) is 8.03. The Bertz CT molecular complexity index is 869. The van der Waals surface area contributed by atoms with Crippen LogP contribution in [0.1, 0.15) is 12.0 Å². The van der Waals surface area contributed by atoms with Crippen molar-refractivity contribution in [1.29, 1.82) is 0 Å². The van der Waals surface area contributed by atoms with Gasteiger partial charge in [0.15, 0.2) is 0 Å². The molecule has 1 amide bonds. The lowest BCUT2D eigenvalue weighted by Gasteiger charge is -2.12. The predicted octanol–water partition coefficient (Wildman–Crippen LogP) is 3.40. The number of rotatable bonds is 7. The lowest BCUT2D eigenvalue weighted by Crippen LogP contribution is -2.13. The van der Waals surface area contributed by atoms with E-state index < -0.39 is 10.0 Å². The van der Waals surface area contributed by atoms with Crippen LogP contribution in [0.15, 0.2) is 46.9 Å². The predicted molar refractivity (Wildman–Crippen MR) is 103 cm³/mol. The number of sulfonamides is 1. The largest absolute Gasteiger partial charge is 0.494 e. The van der Waals surface area contributed by atoms with Crippen molar-refractivity contribution in [3.05, 3.63) is 52.5 Å². The van der Waals surface area contributed by atoms with E-state index in [1.165, 1.54) is 7.11 Å². The summed E-state index contributed by atoms with van der Waals surface area (Å²) >= 11 is 3.46. The van der Waals surface area contributed by atoms with Gasteiger partial charge in [0.05, 0.1) is 19.1 Å². The summed E-state index contributed by atoms with van der Waals surface area (Å²) in [6, 6.07) is 12.5. The van der Waals surface area contributed by atoms with Gasteiger partial charge in [0.25, 0.3) is 0 Å². The van der Waals surface area contributed by atoms with Crippen LogP contribution in [0.5, 0.6) is 5.75 Å². The van der Waals surface area contributed by atoms with Crippen molar-refractivity contribution in [2.75, 3.05) is 23.4 Å². The third-order valence-electron chi connectivity index (χ3n) is 3.36. The average molecular weight is 427 g/mol. The van der Waals surface area contributed by atoms with Gasteiger partial charge in [0, 0.05) is 22.6 Å². The third kappa shape index (κ3) is 6.06. The molecule has 0 unspecified atom stereocenters. The second-order valence-electron chi connectivity index (χ2n) is 5.43. The number of ether oxygens (including phenoxy) is 1. The molecule has 2 N–H and O–H groups in total. The molecule has 2 aromatic rings. The Balaban J connectivity index is 2.02. The van der Waals surface area contributed by atoms with Crippen LogP contribution < -0.4 is 14.8 Å². The van der Waals surface area contributed by atoms with E-state index >= 15 is 0 Å². The number of anilines is 2. The Morgan fingerprint density at radius 1 is 1.20 bits per heavy atom. The van der Waals surface area contributed by atoms with Crippen LogP contribution in [0.2, 0.25) is 0 Å². The molecule has 0 radical (unpaired) electrons. The van der Waals surface area contributed by atoms with Crippen molar-refractivity contribution in [3.63, 3.8) is 0 Å². The highest BCUT2D eigenvalue weighted by Gasteiger charge is 2.11. The molecule has 0 bridgehead atoms. The number of hydrogen-bond donors (Lipinski definition) is 2. The van der Waals surface area contributed by atoms with Crippen molar-refractivity contribution in [1.82, 2.24) is 0 Å². The van der Waals surface area contributed by atoms with Gasteiger partial charge in [-0.05, 0) is 30.2 Å². The summed E-state index contributed by atoms with van der Waals surface area (Å²) in [5, 5.41) is 2.78. The SMILES string of the molecule is COc1cc(NC(=O)CCc2ccccc2Br)ccc1NS(C)(=O)=O. The Hall–Kier alpha value is -2.06. The van der Waals surface area contributed by atoms with Gasteiger partial charge in [-0.3, -0.25) is 9.52 Å². The van der Waals surface area contributed by atoms with Crippen LogP contribution in [-0.2, 0) is 21.2 Å². The molecular formula is C17H19BrN2O4S. The highest BCUT2D eigenvalue weighted by Crippen LogP contribution is 2.28. The summed E-state index contributed by atoms with van der Waals surface area (Å²) in [5.41, 5.74) is 1.91. The quantitative estimate of drug-likeness (QED) is 0.710. The number of nitrogens with one attached hydrogen (secondary N) is 2. The molecule has 0 aliphatic carbocycles. The standard InChI is InChI=1S/C17H19BrN2O4S/c1-24-16-11-13(8-9-15(16)20-25(2,22)23)19-17(21)10-7-12-5-3-4-6-14(12)18/h3-6,8-9,11,20H,7,10H2,1-2H3,(H,19,21). The minimum Gasteiger partial charge on any atom is -0.494 e. The first-order chi connectivity index (χ1) is 11.8. The van der Waals surface area contributed by atoms with Gasteiger partial charge in [-0.25, -0.2) is 8.42 Å². The number of aryl methyl sites for hydroxylation is 1. The van der Waals surface area contributed by atoms with Crippen LogP contribution >= 0.6 is 15.9 Å². The third-order valence-corrected chi connectivity index (χ3v) is 4.72. The van der Waals surface area contributed by atoms with Crippen molar-refractivity contribution >= 4 is 43.2 Å². The van der Waals surface area contributed by atoms with Gasteiger partial charge in [0.2, 0.25) is 15.9 Å². The fraction of sp³-hybridized carbons (Fsp3) is 0.235. The number of hydrogen-bond acceptors (Lipinski definition) is 4. The number of carbonyl (C=O) groups is 1. The van der Waals surface area contributed by atoms with Crippen LogP contribution in [0.25, 0.3) is 0 Å². The second kappa shape index (κ2) is 8.35. The van der Waals surface area contributed by atoms with E-state index in [0.717, 1.165) is 16.3 Å². The zero-order chi connectivity index (χ0) is 18.4. The Labute approximate surface area is 155 Å². The average Bonchev–Trinajstić information content (AvgIpc) is 2.54. The van der Waals surface area contributed by atoms with Crippen LogP contribution in [0.3, 0.4) is 0 Å². The maximum Gasteiger partial charge on any atom is 0.229 e. The van der Waals surface area contributed by atoms with E-state index in [2.05, 4.69) is 26.0 Å². The van der Waals surface area contributed by atoms with Crippen molar-refractivity contribution < 1.29 is 17.9 Å². The Morgan fingerprint density at radius 3 is 2.56 bits per heavy atom. The lowest BCUT2D eigenvalue weighted by molar-refractivity contribution is -0.116. The molecule has 2 aromatic carbocycles. The molecule has 6 nitrogen and oxygen atoms in total. The molecule has 0 heterocycles. The molecule has 25 heavy (non-hydrogen) atoms. The van der Waals surface area contributed by atoms with Gasteiger partial charge in [-0.2, -0.15) is 0 Å². The van der Waals surface area contributed by atoms with E-state index in [-0.39, 0.29) is 5.91 Å². The van der Waals surface area contributed by atoms with E-state index in [4.69, 9.17) is 4.74 Å². The zero-order valence-corrected chi connectivity index (χ0v) is 16.3. The molecule has 134 valence electrons. The molecule has 0 spiro atoms. The van der Waals surface area contributed by atoms with Gasteiger partial charge in [-0.15, -0.1) is 0 Å². The smallest absolute Gasteiger partial charge is 0.229 e. The Kier molecular flexibility index (Phi) is 6.44. The number of carbonyl (C=O) groups excluding carboxylic acids is 1. The molecule has 0 atom stereocenters. The van der Waals surface area contributed by atoms with Gasteiger partial charge in [-0.1, -0.05) is 34.1 Å². The number of amides is 1. The number of methoxy groups -OCH3 is 1. The van der Waals surface area contributed by atoms with E-state index in [0.29, 0.717) is 30.0 Å². The molecule has 0 saturated carbocycles. The van der Waals surface area contributed by atoms with Crippen molar-refractivity contribution in [2.45, 2.75) is 12.8 Å². The van der Waals surface area contributed by atoms with Gasteiger partial charge in [0.1, 0.15) is 5.75 Å². The fourth-order valence-electron chi connectivity index (χ4n) is 2.23. The molecule has 0 aromatic heterocycles. The summed E-state index contributed by atoms with van der Waals surface area (Å²) in [5.74, 6) is 0.190. The van der Waals surface area contributed by atoms with Crippen molar-refractivity contribution in [3.8, 4) is 5.75 Å².